The molecular formula is C21H22N4O5S. The van der Waals surface area contributed by atoms with Gasteiger partial charge in [0, 0.05) is 43.5 Å². The van der Waals surface area contributed by atoms with E-state index in [0.717, 1.165) is 10.7 Å². The van der Waals surface area contributed by atoms with Crippen molar-refractivity contribution in [1.29, 1.82) is 0 Å². The predicted molar refractivity (Wildman–Crippen MR) is 114 cm³/mol. The number of carbonyl (C=O) groups is 1. The van der Waals surface area contributed by atoms with Crippen LogP contribution in [-0.4, -0.2) is 33.9 Å². The third-order valence-corrected chi connectivity index (χ3v) is 5.86. The van der Waals surface area contributed by atoms with E-state index in [2.05, 4.69) is 10.3 Å². The minimum atomic E-state index is -0.227. The highest BCUT2D eigenvalue weighted by Gasteiger charge is 2.15. The maximum absolute atomic E-state index is 12.6. The third kappa shape index (κ3) is 4.85. The molecule has 10 heteroatoms. The minimum Gasteiger partial charge on any atom is -0.491 e. The summed E-state index contributed by atoms with van der Waals surface area (Å²) in [5.74, 6) is 1.86. The number of hydrogen-bond acceptors (Lipinski definition) is 7. The molecule has 0 bridgehead atoms. The predicted octanol–water partition coefficient (Wildman–Crippen LogP) is 1.93. The van der Waals surface area contributed by atoms with Gasteiger partial charge in [0.25, 0.3) is 0 Å². The van der Waals surface area contributed by atoms with Gasteiger partial charge in [-0.2, -0.15) is 0 Å². The highest BCUT2D eigenvalue weighted by atomic mass is 32.2. The van der Waals surface area contributed by atoms with E-state index in [9.17, 15) is 9.59 Å². The maximum atomic E-state index is 12.6. The number of nitrogens with zero attached hydrogens (tertiary/aromatic N) is 3. The largest absolute Gasteiger partial charge is 0.491 e. The summed E-state index contributed by atoms with van der Waals surface area (Å²) in [4.78, 5) is 29.1. The zero-order valence-electron chi connectivity index (χ0n) is 17.2. The number of nitrogens with one attached hydrogen (secondary N) is 1. The van der Waals surface area contributed by atoms with Crippen LogP contribution in [0.5, 0.6) is 17.2 Å². The number of thioether (sulfide) groups is 1. The molecule has 0 aliphatic carbocycles. The van der Waals surface area contributed by atoms with E-state index in [-0.39, 0.29) is 30.4 Å². The van der Waals surface area contributed by atoms with Crippen molar-refractivity contribution < 1.29 is 19.0 Å². The molecule has 162 valence electrons. The second-order valence-corrected chi connectivity index (χ2v) is 7.84. The van der Waals surface area contributed by atoms with Gasteiger partial charge in [0.2, 0.25) is 18.1 Å². The molecule has 31 heavy (non-hydrogen) atoms. The molecule has 1 N–H and O–H groups in total. The van der Waals surface area contributed by atoms with E-state index in [4.69, 9.17) is 14.2 Å². The SMILES string of the molecule is COc1cn(CC(=O)NCc2ccc3c(c2)OCO3)c(CSc2nccn2C)cc1=O. The number of rotatable bonds is 8. The molecule has 3 heterocycles. The Morgan fingerprint density at radius 1 is 1.29 bits per heavy atom. The molecule has 3 aromatic rings. The van der Waals surface area contributed by atoms with Gasteiger partial charge in [-0.3, -0.25) is 9.59 Å². The maximum Gasteiger partial charge on any atom is 0.240 e. The topological polar surface area (TPSA) is 96.6 Å². The highest BCUT2D eigenvalue weighted by molar-refractivity contribution is 7.98. The fourth-order valence-corrected chi connectivity index (χ4v) is 4.04. The van der Waals surface area contributed by atoms with Crippen LogP contribution in [0.25, 0.3) is 0 Å². The van der Waals surface area contributed by atoms with E-state index in [0.29, 0.717) is 29.5 Å². The summed E-state index contributed by atoms with van der Waals surface area (Å²) < 4.78 is 19.4. The molecular weight excluding hydrogens is 420 g/mol. The molecule has 1 amide bonds. The molecule has 2 aromatic heterocycles. The monoisotopic (exact) mass is 442 g/mol. The molecule has 0 saturated carbocycles. The molecule has 0 saturated heterocycles. The van der Waals surface area contributed by atoms with Crippen molar-refractivity contribution in [1.82, 2.24) is 19.4 Å². The van der Waals surface area contributed by atoms with Gasteiger partial charge in [-0.25, -0.2) is 4.98 Å². The number of ether oxygens (including phenoxy) is 3. The van der Waals surface area contributed by atoms with Crippen molar-refractivity contribution in [3.05, 3.63) is 64.3 Å². The van der Waals surface area contributed by atoms with Gasteiger partial charge in [-0.15, -0.1) is 0 Å². The molecule has 4 rings (SSSR count). The van der Waals surface area contributed by atoms with Crippen molar-refractivity contribution in [3.8, 4) is 17.2 Å². The van der Waals surface area contributed by atoms with Crippen molar-refractivity contribution in [2.75, 3.05) is 13.9 Å². The molecule has 1 aromatic carbocycles. The normalized spacial score (nSPS) is 12.1. The van der Waals surface area contributed by atoms with Gasteiger partial charge in [0.05, 0.1) is 13.3 Å². The fraction of sp³-hybridized carbons (Fsp3) is 0.286. The number of aryl methyl sites for hydroxylation is 1. The van der Waals surface area contributed by atoms with Crippen LogP contribution in [0.15, 0.2) is 52.8 Å². The standard InChI is InChI=1S/C21H22N4O5S/c1-24-6-5-22-21(24)31-12-15-8-16(26)19(28-2)10-25(15)11-20(27)23-9-14-3-4-17-18(7-14)30-13-29-17/h3-8,10H,9,11-13H2,1-2H3,(H,23,27). The summed E-state index contributed by atoms with van der Waals surface area (Å²) in [5, 5.41) is 3.72. The molecule has 0 radical (unpaired) electrons. The average Bonchev–Trinajstić information content (AvgIpc) is 3.40. The zero-order chi connectivity index (χ0) is 21.8. The Morgan fingerprint density at radius 3 is 2.90 bits per heavy atom. The summed E-state index contributed by atoms with van der Waals surface area (Å²) in [5.41, 5.74) is 1.38. The van der Waals surface area contributed by atoms with Crippen molar-refractivity contribution in [2.45, 2.75) is 24.0 Å². The lowest BCUT2D eigenvalue weighted by Crippen LogP contribution is -2.28. The van der Waals surface area contributed by atoms with E-state index in [1.54, 1.807) is 17.0 Å². The molecule has 1 aliphatic rings. The average molecular weight is 442 g/mol. The van der Waals surface area contributed by atoms with Gasteiger partial charge in [0.15, 0.2) is 22.4 Å². The smallest absolute Gasteiger partial charge is 0.240 e. The van der Waals surface area contributed by atoms with Crippen molar-refractivity contribution in [2.24, 2.45) is 7.05 Å². The number of amides is 1. The Balaban J connectivity index is 1.44. The fourth-order valence-electron chi connectivity index (χ4n) is 3.11. The Bertz CT molecular complexity index is 1160. The highest BCUT2D eigenvalue weighted by Crippen LogP contribution is 2.32. The number of pyridine rings is 1. The molecule has 1 aliphatic heterocycles. The summed E-state index contributed by atoms with van der Waals surface area (Å²) in [6, 6.07) is 7.05. The van der Waals surface area contributed by atoms with Crippen LogP contribution in [0.3, 0.4) is 0 Å². The van der Waals surface area contributed by atoms with Gasteiger partial charge in [-0.05, 0) is 17.7 Å². The summed E-state index contributed by atoms with van der Waals surface area (Å²) in [6.45, 7) is 0.611. The quantitative estimate of drug-likeness (QED) is 0.533. The summed E-state index contributed by atoms with van der Waals surface area (Å²) in [6.07, 6.45) is 5.14. The zero-order valence-corrected chi connectivity index (χ0v) is 18.0. The van der Waals surface area contributed by atoms with Crippen LogP contribution in [0.1, 0.15) is 11.3 Å². The Kier molecular flexibility index (Phi) is 6.17. The third-order valence-electron chi connectivity index (χ3n) is 4.77. The van der Waals surface area contributed by atoms with Crippen molar-refractivity contribution in [3.63, 3.8) is 0 Å². The lowest BCUT2D eigenvalue weighted by molar-refractivity contribution is -0.121. The minimum absolute atomic E-state index is 0.0532. The first-order valence-electron chi connectivity index (χ1n) is 9.56. The summed E-state index contributed by atoms with van der Waals surface area (Å²) >= 11 is 1.49. The van der Waals surface area contributed by atoms with E-state index < -0.39 is 0 Å². The van der Waals surface area contributed by atoms with Crippen LogP contribution in [0, 0.1) is 0 Å². The van der Waals surface area contributed by atoms with Crippen LogP contribution in [-0.2, 0) is 30.7 Å². The lowest BCUT2D eigenvalue weighted by Gasteiger charge is -2.15. The first kappa shape index (κ1) is 20.9. The molecule has 0 fully saturated rings. The number of benzene rings is 1. The first-order valence-corrected chi connectivity index (χ1v) is 10.5. The number of aromatic nitrogens is 3. The van der Waals surface area contributed by atoms with Crippen molar-refractivity contribution >= 4 is 17.7 Å². The first-order chi connectivity index (χ1) is 15.0. The number of hydrogen-bond donors (Lipinski definition) is 1. The van der Waals surface area contributed by atoms with Gasteiger partial charge in [-0.1, -0.05) is 17.8 Å². The van der Waals surface area contributed by atoms with Crippen LogP contribution < -0.4 is 25.0 Å². The Hall–Kier alpha value is -3.40. The van der Waals surface area contributed by atoms with E-state index in [1.807, 2.05) is 36.0 Å². The Morgan fingerprint density at radius 2 is 2.13 bits per heavy atom. The second-order valence-electron chi connectivity index (χ2n) is 6.90. The Labute approximate surface area is 182 Å². The number of methoxy groups -OCH3 is 1. The van der Waals surface area contributed by atoms with Gasteiger partial charge in [0.1, 0.15) is 6.54 Å². The number of fused-ring (bicyclic) bond motifs is 1. The molecule has 0 spiro atoms. The van der Waals surface area contributed by atoms with Crippen LogP contribution in [0.2, 0.25) is 0 Å². The molecule has 9 nitrogen and oxygen atoms in total. The van der Waals surface area contributed by atoms with E-state index >= 15 is 0 Å². The van der Waals surface area contributed by atoms with Crippen LogP contribution in [0.4, 0.5) is 0 Å². The van der Waals surface area contributed by atoms with Gasteiger partial charge < -0.3 is 28.7 Å². The van der Waals surface area contributed by atoms with Crippen LogP contribution >= 0.6 is 11.8 Å². The number of carbonyl (C=O) groups excluding carboxylic acids is 1. The lowest BCUT2D eigenvalue weighted by atomic mass is 10.2. The molecule has 0 atom stereocenters. The molecule has 0 unspecified atom stereocenters. The second kappa shape index (κ2) is 9.17. The van der Waals surface area contributed by atoms with E-state index in [1.165, 1.54) is 24.9 Å². The number of imidazole rings is 1. The summed E-state index contributed by atoms with van der Waals surface area (Å²) in [7, 11) is 3.34. The van der Waals surface area contributed by atoms with Gasteiger partial charge >= 0.3 is 0 Å².